The Kier molecular flexibility index (Phi) is 5.66. The molecule has 0 saturated carbocycles. The van der Waals surface area contributed by atoms with E-state index in [9.17, 15) is 4.79 Å². The van der Waals surface area contributed by atoms with Gasteiger partial charge in [-0.05, 0) is 13.3 Å². The molecule has 4 nitrogen and oxygen atoms in total. The van der Waals surface area contributed by atoms with Gasteiger partial charge in [0, 0.05) is 20.0 Å². The second-order valence-electron chi connectivity index (χ2n) is 2.93. The summed E-state index contributed by atoms with van der Waals surface area (Å²) in [5.74, 6) is -0.0371. The lowest BCUT2D eigenvalue weighted by Crippen LogP contribution is -2.29. The van der Waals surface area contributed by atoms with Crippen LogP contribution in [-0.4, -0.2) is 47.3 Å². The first-order valence-electron chi connectivity index (χ1n) is 4.10. The number of carbonyl (C=O) groups excluding carboxylic acids is 1. The lowest BCUT2D eigenvalue weighted by Gasteiger charge is -2.15. The Balaban J connectivity index is 3.57. The first-order chi connectivity index (χ1) is 5.57. The summed E-state index contributed by atoms with van der Waals surface area (Å²) >= 11 is 0. The summed E-state index contributed by atoms with van der Waals surface area (Å²) < 4.78 is 0. The third-order valence-electron chi connectivity index (χ3n) is 1.64. The van der Waals surface area contributed by atoms with Crippen molar-refractivity contribution in [3.05, 3.63) is 0 Å². The molecule has 0 aromatic heterocycles. The largest absolute Gasteiger partial charge is 0.395 e. The third-order valence-corrected chi connectivity index (χ3v) is 1.64. The Labute approximate surface area is 72.8 Å². The smallest absolute Gasteiger partial charge is 0.222 e. The van der Waals surface area contributed by atoms with Crippen LogP contribution in [0.3, 0.4) is 0 Å². The summed E-state index contributed by atoms with van der Waals surface area (Å²) in [5.41, 5.74) is 0. The second-order valence-corrected chi connectivity index (χ2v) is 2.93. The van der Waals surface area contributed by atoms with E-state index >= 15 is 0 Å². The number of hydrogen-bond donors (Lipinski definition) is 2. The molecule has 0 aliphatic carbocycles. The van der Waals surface area contributed by atoms with Gasteiger partial charge in [0.05, 0.1) is 12.7 Å². The fourth-order valence-electron chi connectivity index (χ4n) is 0.798. The van der Waals surface area contributed by atoms with Gasteiger partial charge >= 0.3 is 0 Å². The van der Waals surface area contributed by atoms with Crippen molar-refractivity contribution in [2.45, 2.75) is 25.9 Å². The molecule has 0 heterocycles. The van der Waals surface area contributed by atoms with E-state index in [4.69, 9.17) is 10.2 Å². The van der Waals surface area contributed by atoms with Crippen molar-refractivity contribution in [1.29, 1.82) is 0 Å². The molecule has 0 saturated heterocycles. The molecular weight excluding hydrogens is 158 g/mol. The first kappa shape index (κ1) is 11.4. The number of hydrogen-bond acceptors (Lipinski definition) is 3. The lowest BCUT2D eigenvalue weighted by atomic mass is 10.2. The number of aliphatic hydroxyl groups excluding tert-OH is 2. The maximum atomic E-state index is 11.1. The van der Waals surface area contributed by atoms with Crippen molar-refractivity contribution < 1.29 is 15.0 Å². The molecule has 4 heteroatoms. The van der Waals surface area contributed by atoms with E-state index in [0.29, 0.717) is 19.4 Å². The van der Waals surface area contributed by atoms with Crippen molar-refractivity contribution in [3.8, 4) is 0 Å². The molecule has 0 aliphatic rings. The van der Waals surface area contributed by atoms with E-state index in [1.165, 1.54) is 4.90 Å². The number of amides is 1. The van der Waals surface area contributed by atoms with Crippen LogP contribution in [0.5, 0.6) is 0 Å². The van der Waals surface area contributed by atoms with E-state index in [0.717, 1.165) is 0 Å². The number of carbonyl (C=O) groups is 1. The summed E-state index contributed by atoms with van der Waals surface area (Å²) in [5, 5.41) is 17.4. The van der Waals surface area contributed by atoms with Crippen LogP contribution >= 0.6 is 0 Å². The maximum absolute atomic E-state index is 11.1. The van der Waals surface area contributed by atoms with Crippen molar-refractivity contribution in [2.24, 2.45) is 0 Å². The van der Waals surface area contributed by atoms with Crippen LogP contribution < -0.4 is 0 Å². The Morgan fingerprint density at radius 2 is 2.17 bits per heavy atom. The molecule has 0 radical (unpaired) electrons. The average Bonchev–Trinajstić information content (AvgIpc) is 2.00. The molecule has 0 bridgehead atoms. The normalized spacial score (nSPS) is 12.7. The van der Waals surface area contributed by atoms with Crippen LogP contribution in [0.15, 0.2) is 0 Å². The van der Waals surface area contributed by atoms with Crippen LogP contribution in [0.25, 0.3) is 0 Å². The van der Waals surface area contributed by atoms with Crippen LogP contribution in [0.2, 0.25) is 0 Å². The molecule has 72 valence electrons. The van der Waals surface area contributed by atoms with Gasteiger partial charge in [-0.15, -0.1) is 0 Å². The quantitative estimate of drug-likeness (QED) is 0.597. The molecule has 1 amide bonds. The maximum Gasteiger partial charge on any atom is 0.222 e. The van der Waals surface area contributed by atoms with Gasteiger partial charge in [-0.3, -0.25) is 4.79 Å². The van der Waals surface area contributed by atoms with E-state index in [2.05, 4.69) is 0 Å². The molecule has 12 heavy (non-hydrogen) atoms. The molecule has 0 spiro atoms. The highest BCUT2D eigenvalue weighted by molar-refractivity contribution is 5.75. The summed E-state index contributed by atoms with van der Waals surface area (Å²) in [6.07, 6.45) is 0.388. The molecule has 0 rings (SSSR count). The predicted octanol–water partition coefficient (Wildman–Crippen LogP) is -0.402. The topological polar surface area (TPSA) is 60.8 Å². The predicted molar refractivity (Wildman–Crippen MR) is 45.6 cm³/mol. The van der Waals surface area contributed by atoms with Gasteiger partial charge in [-0.2, -0.15) is 0 Å². The minimum absolute atomic E-state index is 0.0169. The first-order valence-corrected chi connectivity index (χ1v) is 4.10. The SMILES string of the molecule is CC(O)CCC(=O)N(C)CCO. The average molecular weight is 175 g/mol. The fourth-order valence-corrected chi connectivity index (χ4v) is 0.798. The van der Waals surface area contributed by atoms with E-state index in [1.807, 2.05) is 0 Å². The van der Waals surface area contributed by atoms with Gasteiger partial charge < -0.3 is 15.1 Å². The Morgan fingerprint density at radius 1 is 1.58 bits per heavy atom. The minimum Gasteiger partial charge on any atom is -0.395 e. The van der Waals surface area contributed by atoms with Crippen molar-refractivity contribution >= 4 is 5.91 Å². The highest BCUT2D eigenvalue weighted by Gasteiger charge is 2.08. The number of rotatable bonds is 5. The number of aliphatic hydroxyl groups is 2. The summed E-state index contributed by atoms with van der Waals surface area (Å²) in [4.78, 5) is 12.6. The van der Waals surface area contributed by atoms with Crippen LogP contribution in [-0.2, 0) is 4.79 Å². The second kappa shape index (κ2) is 5.97. The van der Waals surface area contributed by atoms with Gasteiger partial charge in [0.25, 0.3) is 0 Å². The molecule has 0 aromatic rings. The van der Waals surface area contributed by atoms with Gasteiger partial charge in [-0.1, -0.05) is 0 Å². The monoisotopic (exact) mass is 175 g/mol. The Morgan fingerprint density at radius 3 is 2.58 bits per heavy atom. The van der Waals surface area contributed by atoms with Crippen LogP contribution in [0.4, 0.5) is 0 Å². The lowest BCUT2D eigenvalue weighted by molar-refractivity contribution is -0.130. The zero-order valence-electron chi connectivity index (χ0n) is 7.66. The Hall–Kier alpha value is -0.610. The van der Waals surface area contributed by atoms with Crippen LogP contribution in [0.1, 0.15) is 19.8 Å². The minimum atomic E-state index is -0.434. The molecule has 1 unspecified atom stereocenters. The summed E-state index contributed by atoms with van der Waals surface area (Å²) in [7, 11) is 1.64. The number of likely N-dealkylation sites (N-methyl/N-ethyl adjacent to an activating group) is 1. The highest BCUT2D eigenvalue weighted by Crippen LogP contribution is 1.98. The molecule has 0 fully saturated rings. The van der Waals surface area contributed by atoms with Gasteiger partial charge in [0.15, 0.2) is 0 Å². The zero-order valence-corrected chi connectivity index (χ0v) is 7.66. The Bertz CT molecular complexity index is 136. The van der Waals surface area contributed by atoms with Crippen molar-refractivity contribution in [2.75, 3.05) is 20.2 Å². The summed E-state index contributed by atoms with van der Waals surface area (Å²) in [6, 6.07) is 0. The van der Waals surface area contributed by atoms with E-state index in [1.54, 1.807) is 14.0 Å². The van der Waals surface area contributed by atoms with Gasteiger partial charge in [0.1, 0.15) is 0 Å². The molecule has 1 atom stereocenters. The van der Waals surface area contributed by atoms with Gasteiger partial charge in [-0.25, -0.2) is 0 Å². The molecular formula is C8H17NO3. The third kappa shape index (κ3) is 5.09. The van der Waals surface area contributed by atoms with E-state index < -0.39 is 6.10 Å². The molecule has 2 N–H and O–H groups in total. The molecule has 0 aromatic carbocycles. The van der Waals surface area contributed by atoms with Crippen molar-refractivity contribution in [1.82, 2.24) is 4.90 Å². The highest BCUT2D eigenvalue weighted by atomic mass is 16.3. The number of nitrogens with zero attached hydrogens (tertiary/aromatic N) is 1. The molecule has 0 aliphatic heterocycles. The van der Waals surface area contributed by atoms with E-state index in [-0.39, 0.29) is 12.5 Å². The van der Waals surface area contributed by atoms with Crippen molar-refractivity contribution in [3.63, 3.8) is 0 Å². The van der Waals surface area contributed by atoms with Crippen LogP contribution in [0, 0.1) is 0 Å². The zero-order chi connectivity index (χ0) is 9.56. The van der Waals surface area contributed by atoms with Gasteiger partial charge in [0.2, 0.25) is 5.91 Å². The fraction of sp³-hybridized carbons (Fsp3) is 0.875. The standard InChI is InChI=1S/C8H17NO3/c1-7(11)3-4-8(12)9(2)5-6-10/h7,10-11H,3-6H2,1-2H3. The summed E-state index contributed by atoms with van der Waals surface area (Å²) in [6.45, 7) is 1.99.